The summed E-state index contributed by atoms with van der Waals surface area (Å²) in [5.74, 6) is 0. The third-order valence-electron chi connectivity index (χ3n) is 4.05. The molecule has 0 aliphatic carbocycles. The summed E-state index contributed by atoms with van der Waals surface area (Å²) in [6.45, 7) is 5.70. The Hall–Kier alpha value is -0.420. The van der Waals surface area contributed by atoms with Gasteiger partial charge < -0.3 is 15.6 Å². The second-order valence-corrected chi connectivity index (χ2v) is 6.06. The first-order chi connectivity index (χ1) is 8.03. The maximum atomic E-state index is 11.0. The van der Waals surface area contributed by atoms with Crippen molar-refractivity contribution in [1.82, 2.24) is 0 Å². The zero-order valence-electron chi connectivity index (χ0n) is 10.5. The van der Waals surface area contributed by atoms with Crippen molar-refractivity contribution in [3.05, 3.63) is 21.9 Å². The Labute approximate surface area is 107 Å². The minimum atomic E-state index is -0.902. The van der Waals surface area contributed by atoms with Gasteiger partial charge in [0.15, 0.2) is 0 Å². The maximum absolute atomic E-state index is 11.0. The predicted molar refractivity (Wildman–Crippen MR) is 70.2 cm³/mol. The lowest BCUT2D eigenvalue weighted by Crippen LogP contribution is -2.53. The van der Waals surface area contributed by atoms with Gasteiger partial charge in [-0.2, -0.15) is 0 Å². The molecule has 0 bridgehead atoms. The van der Waals surface area contributed by atoms with Gasteiger partial charge in [0.2, 0.25) is 0 Å². The summed E-state index contributed by atoms with van der Waals surface area (Å²) in [7, 11) is 0. The third-order valence-corrected chi connectivity index (χ3v) is 5.28. The highest BCUT2D eigenvalue weighted by Gasteiger charge is 2.49. The first-order valence-electron chi connectivity index (χ1n) is 6.08. The molecular weight excluding hydrogens is 234 g/mol. The van der Waals surface area contributed by atoms with E-state index in [0.29, 0.717) is 13.2 Å². The Morgan fingerprint density at radius 1 is 1.65 bits per heavy atom. The van der Waals surface area contributed by atoms with Gasteiger partial charge in [0.1, 0.15) is 5.60 Å². The van der Waals surface area contributed by atoms with E-state index in [9.17, 15) is 5.11 Å². The van der Waals surface area contributed by atoms with Gasteiger partial charge in [0, 0.05) is 23.4 Å². The van der Waals surface area contributed by atoms with Crippen LogP contribution in [0.25, 0.3) is 0 Å². The van der Waals surface area contributed by atoms with Crippen molar-refractivity contribution in [2.75, 3.05) is 19.8 Å². The molecule has 1 aliphatic rings. The molecule has 2 rings (SSSR count). The number of rotatable bonds is 3. The summed E-state index contributed by atoms with van der Waals surface area (Å²) in [5, 5.41) is 13.0. The molecule has 3 N–H and O–H groups in total. The highest BCUT2D eigenvalue weighted by atomic mass is 32.1. The SMILES string of the molecule is Cc1ccsc1C(C)(O)C1(CN)CCCOC1. The third kappa shape index (κ3) is 2.03. The van der Waals surface area contributed by atoms with E-state index < -0.39 is 5.60 Å². The fraction of sp³-hybridized carbons (Fsp3) is 0.692. The van der Waals surface area contributed by atoms with E-state index in [1.807, 2.05) is 25.3 Å². The van der Waals surface area contributed by atoms with E-state index >= 15 is 0 Å². The Morgan fingerprint density at radius 2 is 2.41 bits per heavy atom. The molecule has 1 aliphatic heterocycles. The van der Waals surface area contributed by atoms with Gasteiger partial charge in [-0.1, -0.05) is 0 Å². The highest BCUT2D eigenvalue weighted by molar-refractivity contribution is 7.10. The molecule has 2 atom stereocenters. The largest absolute Gasteiger partial charge is 0.384 e. The second-order valence-electron chi connectivity index (χ2n) is 5.15. The van der Waals surface area contributed by atoms with Gasteiger partial charge >= 0.3 is 0 Å². The average Bonchev–Trinajstić information content (AvgIpc) is 2.77. The van der Waals surface area contributed by atoms with Crippen molar-refractivity contribution in [3.8, 4) is 0 Å². The number of hydrogen-bond donors (Lipinski definition) is 2. The minimum absolute atomic E-state index is 0.346. The number of thiophene rings is 1. The lowest BCUT2D eigenvalue weighted by molar-refractivity contribution is -0.137. The Kier molecular flexibility index (Phi) is 3.59. The number of ether oxygens (including phenoxy) is 1. The molecule has 0 spiro atoms. The number of aliphatic hydroxyl groups is 1. The fourth-order valence-electron chi connectivity index (χ4n) is 2.71. The van der Waals surface area contributed by atoms with Gasteiger partial charge in [0.05, 0.1) is 6.61 Å². The van der Waals surface area contributed by atoms with Crippen LogP contribution in [0.4, 0.5) is 0 Å². The van der Waals surface area contributed by atoms with E-state index in [4.69, 9.17) is 10.5 Å². The van der Waals surface area contributed by atoms with Crippen LogP contribution in [0.3, 0.4) is 0 Å². The summed E-state index contributed by atoms with van der Waals surface area (Å²) in [5.41, 5.74) is 5.83. The summed E-state index contributed by atoms with van der Waals surface area (Å²) >= 11 is 1.60. The normalized spacial score (nSPS) is 28.9. The standard InChI is InChI=1S/C13H21NO2S/c1-10-4-7-17-11(10)12(2,15)13(8-14)5-3-6-16-9-13/h4,7,15H,3,5-6,8-9,14H2,1-2H3. The summed E-state index contributed by atoms with van der Waals surface area (Å²) in [6, 6.07) is 2.04. The van der Waals surface area contributed by atoms with Crippen molar-refractivity contribution in [3.63, 3.8) is 0 Å². The van der Waals surface area contributed by atoms with Crippen LogP contribution in [0.1, 0.15) is 30.2 Å². The van der Waals surface area contributed by atoms with Crippen molar-refractivity contribution in [1.29, 1.82) is 0 Å². The molecule has 2 heterocycles. The summed E-state index contributed by atoms with van der Waals surface area (Å²) in [6.07, 6.45) is 1.89. The van der Waals surface area contributed by atoms with Crippen molar-refractivity contribution < 1.29 is 9.84 Å². The molecule has 3 nitrogen and oxygen atoms in total. The van der Waals surface area contributed by atoms with Crippen LogP contribution >= 0.6 is 11.3 Å². The zero-order chi connectivity index (χ0) is 12.5. The summed E-state index contributed by atoms with van der Waals surface area (Å²) < 4.78 is 5.57. The molecule has 96 valence electrons. The van der Waals surface area contributed by atoms with Gasteiger partial charge in [-0.15, -0.1) is 11.3 Å². The number of aryl methyl sites for hydroxylation is 1. The second kappa shape index (κ2) is 4.69. The van der Waals surface area contributed by atoms with Gasteiger partial charge in [-0.3, -0.25) is 0 Å². The summed E-state index contributed by atoms with van der Waals surface area (Å²) in [4.78, 5) is 1.02. The maximum Gasteiger partial charge on any atom is 0.105 e. The highest BCUT2D eigenvalue weighted by Crippen LogP contribution is 2.47. The first kappa shape index (κ1) is 13.0. The monoisotopic (exact) mass is 255 g/mol. The molecule has 1 aromatic heterocycles. The molecular formula is C13H21NO2S. The topological polar surface area (TPSA) is 55.5 Å². The van der Waals surface area contributed by atoms with Crippen LogP contribution in [0.5, 0.6) is 0 Å². The van der Waals surface area contributed by atoms with Crippen molar-refractivity contribution in [2.24, 2.45) is 11.1 Å². The van der Waals surface area contributed by atoms with E-state index in [-0.39, 0.29) is 5.41 Å². The lowest BCUT2D eigenvalue weighted by Gasteiger charge is -2.46. The molecule has 1 saturated heterocycles. The lowest BCUT2D eigenvalue weighted by atomic mass is 9.68. The van der Waals surface area contributed by atoms with Crippen LogP contribution < -0.4 is 5.73 Å². The molecule has 0 radical (unpaired) electrons. The van der Waals surface area contributed by atoms with Gasteiger partial charge in [-0.05, 0) is 43.7 Å². The quantitative estimate of drug-likeness (QED) is 0.869. The molecule has 17 heavy (non-hydrogen) atoms. The molecule has 1 fully saturated rings. The molecule has 0 saturated carbocycles. The van der Waals surface area contributed by atoms with E-state index in [1.54, 1.807) is 11.3 Å². The molecule has 0 aromatic carbocycles. The molecule has 2 unspecified atom stereocenters. The Balaban J connectivity index is 2.38. The van der Waals surface area contributed by atoms with E-state index in [0.717, 1.165) is 29.9 Å². The number of hydrogen-bond acceptors (Lipinski definition) is 4. The Morgan fingerprint density at radius 3 is 2.88 bits per heavy atom. The molecule has 0 amide bonds. The Bertz CT molecular complexity index is 381. The predicted octanol–water partition coefficient (Wildman–Crippen LogP) is 2.02. The van der Waals surface area contributed by atoms with Crippen LogP contribution in [-0.2, 0) is 10.3 Å². The van der Waals surface area contributed by atoms with Crippen LogP contribution in [0, 0.1) is 12.3 Å². The smallest absolute Gasteiger partial charge is 0.105 e. The van der Waals surface area contributed by atoms with Crippen molar-refractivity contribution >= 4 is 11.3 Å². The number of nitrogens with two attached hydrogens (primary N) is 1. The van der Waals surface area contributed by atoms with E-state index in [1.165, 1.54) is 0 Å². The van der Waals surface area contributed by atoms with Gasteiger partial charge in [-0.25, -0.2) is 0 Å². The molecule has 4 heteroatoms. The van der Waals surface area contributed by atoms with Gasteiger partial charge in [0.25, 0.3) is 0 Å². The average molecular weight is 255 g/mol. The van der Waals surface area contributed by atoms with Crippen LogP contribution in [0.2, 0.25) is 0 Å². The van der Waals surface area contributed by atoms with Crippen molar-refractivity contribution in [2.45, 2.75) is 32.3 Å². The van der Waals surface area contributed by atoms with Crippen LogP contribution in [0.15, 0.2) is 11.4 Å². The minimum Gasteiger partial charge on any atom is -0.384 e. The first-order valence-corrected chi connectivity index (χ1v) is 6.96. The fourth-order valence-corrected chi connectivity index (χ4v) is 3.82. The molecule has 1 aromatic rings. The van der Waals surface area contributed by atoms with E-state index in [2.05, 4.69) is 0 Å². The van der Waals surface area contributed by atoms with Crippen LogP contribution in [-0.4, -0.2) is 24.9 Å². The zero-order valence-corrected chi connectivity index (χ0v) is 11.3.